The molecule has 2 nitrogen and oxygen atoms in total. The van der Waals surface area contributed by atoms with Crippen molar-refractivity contribution in [3.8, 4) is 0 Å². The van der Waals surface area contributed by atoms with E-state index in [0.717, 1.165) is 5.13 Å². The van der Waals surface area contributed by atoms with Gasteiger partial charge in [0.1, 0.15) is 6.17 Å². The fourth-order valence-corrected chi connectivity index (χ4v) is 1.23. The second-order valence-electron chi connectivity index (χ2n) is 2.45. The molecular weight excluding hydrogens is 163 g/mol. The maximum atomic E-state index is 12.6. The van der Waals surface area contributed by atoms with Crippen LogP contribution < -0.4 is 5.32 Å². The normalized spacial score (nSPS) is 15.9. The first-order valence-corrected chi connectivity index (χ1v) is 4.38. The SMILES string of the molecule is CC(Nc1nccs1)[C@H](C)F. The minimum Gasteiger partial charge on any atom is -0.356 e. The molecule has 0 spiro atoms. The number of hydrogen-bond acceptors (Lipinski definition) is 3. The van der Waals surface area contributed by atoms with Crippen LogP contribution in [-0.2, 0) is 0 Å². The number of hydrogen-bond donors (Lipinski definition) is 1. The Morgan fingerprint density at radius 2 is 2.36 bits per heavy atom. The van der Waals surface area contributed by atoms with Crippen LogP contribution in [0.3, 0.4) is 0 Å². The predicted molar refractivity (Wildman–Crippen MR) is 45.8 cm³/mol. The summed E-state index contributed by atoms with van der Waals surface area (Å²) >= 11 is 1.48. The Hall–Kier alpha value is -0.640. The number of nitrogens with zero attached hydrogens (tertiary/aromatic N) is 1. The van der Waals surface area contributed by atoms with Crippen molar-refractivity contribution >= 4 is 16.5 Å². The van der Waals surface area contributed by atoms with E-state index in [2.05, 4.69) is 10.3 Å². The summed E-state index contributed by atoms with van der Waals surface area (Å²) < 4.78 is 12.6. The molecule has 0 saturated carbocycles. The number of rotatable bonds is 3. The third-order valence-electron chi connectivity index (χ3n) is 1.47. The number of halogens is 1. The van der Waals surface area contributed by atoms with E-state index in [1.807, 2.05) is 5.38 Å². The van der Waals surface area contributed by atoms with Crippen LogP contribution in [0.4, 0.5) is 9.52 Å². The van der Waals surface area contributed by atoms with Crippen LogP contribution in [0.25, 0.3) is 0 Å². The van der Waals surface area contributed by atoms with Crippen molar-refractivity contribution in [1.29, 1.82) is 0 Å². The Morgan fingerprint density at radius 3 is 2.82 bits per heavy atom. The first-order chi connectivity index (χ1) is 5.20. The molecule has 0 amide bonds. The van der Waals surface area contributed by atoms with Crippen LogP contribution >= 0.6 is 11.3 Å². The van der Waals surface area contributed by atoms with E-state index in [0.29, 0.717) is 0 Å². The Balaban J connectivity index is 2.43. The second kappa shape index (κ2) is 3.67. The highest BCUT2D eigenvalue weighted by Crippen LogP contribution is 2.13. The Bertz CT molecular complexity index is 198. The predicted octanol–water partition coefficient (Wildman–Crippen LogP) is 2.30. The van der Waals surface area contributed by atoms with Gasteiger partial charge in [-0.2, -0.15) is 0 Å². The highest BCUT2D eigenvalue weighted by molar-refractivity contribution is 7.13. The molecule has 1 heterocycles. The van der Waals surface area contributed by atoms with Crippen LogP contribution in [0.5, 0.6) is 0 Å². The van der Waals surface area contributed by atoms with Gasteiger partial charge in [0, 0.05) is 11.6 Å². The van der Waals surface area contributed by atoms with Gasteiger partial charge in [-0.05, 0) is 13.8 Å². The van der Waals surface area contributed by atoms with Crippen molar-refractivity contribution in [2.75, 3.05) is 5.32 Å². The van der Waals surface area contributed by atoms with E-state index in [1.165, 1.54) is 18.3 Å². The summed E-state index contributed by atoms with van der Waals surface area (Å²) in [6.07, 6.45) is 0.849. The number of aromatic nitrogens is 1. The fourth-order valence-electron chi connectivity index (χ4n) is 0.604. The van der Waals surface area contributed by atoms with Gasteiger partial charge in [0.15, 0.2) is 5.13 Å². The third-order valence-corrected chi connectivity index (χ3v) is 2.18. The second-order valence-corrected chi connectivity index (χ2v) is 3.34. The highest BCUT2D eigenvalue weighted by Gasteiger charge is 2.10. The van der Waals surface area contributed by atoms with E-state index < -0.39 is 6.17 Å². The van der Waals surface area contributed by atoms with Crippen molar-refractivity contribution in [2.24, 2.45) is 0 Å². The number of alkyl halides is 1. The number of nitrogens with one attached hydrogen (secondary N) is 1. The minimum atomic E-state index is -0.848. The van der Waals surface area contributed by atoms with Crippen molar-refractivity contribution in [2.45, 2.75) is 26.1 Å². The topological polar surface area (TPSA) is 24.9 Å². The standard InChI is InChI=1S/C7H11FN2S/c1-5(8)6(2)10-7-9-3-4-11-7/h3-6H,1-2H3,(H,9,10)/t5-,6?/m0/s1. The van der Waals surface area contributed by atoms with Gasteiger partial charge in [-0.1, -0.05) is 0 Å². The van der Waals surface area contributed by atoms with Gasteiger partial charge in [0.25, 0.3) is 0 Å². The van der Waals surface area contributed by atoms with Crippen LogP contribution in [0, 0.1) is 0 Å². The van der Waals surface area contributed by atoms with Crippen molar-refractivity contribution in [3.63, 3.8) is 0 Å². The molecule has 1 aromatic heterocycles. The number of thiazole rings is 1. The maximum absolute atomic E-state index is 12.6. The van der Waals surface area contributed by atoms with Crippen molar-refractivity contribution < 1.29 is 4.39 Å². The molecule has 1 unspecified atom stereocenters. The summed E-state index contributed by atoms with van der Waals surface area (Å²) in [5.41, 5.74) is 0. The zero-order valence-electron chi connectivity index (χ0n) is 6.54. The smallest absolute Gasteiger partial charge is 0.182 e. The summed E-state index contributed by atoms with van der Waals surface area (Å²) in [7, 11) is 0. The van der Waals surface area contributed by atoms with Crippen LogP contribution in [0.15, 0.2) is 11.6 Å². The molecule has 1 aromatic rings. The van der Waals surface area contributed by atoms with Crippen LogP contribution in [0.1, 0.15) is 13.8 Å². The lowest BCUT2D eigenvalue weighted by Crippen LogP contribution is -2.24. The quantitative estimate of drug-likeness (QED) is 0.760. The molecule has 0 bridgehead atoms. The molecule has 0 aliphatic rings. The summed E-state index contributed by atoms with van der Waals surface area (Å²) in [5.74, 6) is 0. The van der Waals surface area contributed by atoms with Gasteiger partial charge in [0.05, 0.1) is 6.04 Å². The lowest BCUT2D eigenvalue weighted by Gasteiger charge is -2.13. The Labute approximate surface area is 69.5 Å². The van der Waals surface area contributed by atoms with Crippen LogP contribution in [0.2, 0.25) is 0 Å². The van der Waals surface area contributed by atoms with Gasteiger partial charge in [-0.3, -0.25) is 0 Å². The average Bonchev–Trinajstić information content (AvgIpc) is 2.39. The molecule has 0 aliphatic heterocycles. The van der Waals surface area contributed by atoms with E-state index in [4.69, 9.17) is 0 Å². The molecule has 62 valence electrons. The first kappa shape index (κ1) is 8.46. The average molecular weight is 174 g/mol. The zero-order chi connectivity index (χ0) is 8.27. The summed E-state index contributed by atoms with van der Waals surface area (Å²) in [6, 6.07) is -0.166. The van der Waals surface area contributed by atoms with Crippen molar-refractivity contribution in [1.82, 2.24) is 4.98 Å². The van der Waals surface area contributed by atoms with Gasteiger partial charge in [-0.25, -0.2) is 9.37 Å². The van der Waals surface area contributed by atoms with Gasteiger partial charge in [0.2, 0.25) is 0 Å². The minimum absolute atomic E-state index is 0.166. The molecular formula is C7H11FN2S. The lowest BCUT2D eigenvalue weighted by molar-refractivity contribution is 0.330. The largest absolute Gasteiger partial charge is 0.356 e. The zero-order valence-corrected chi connectivity index (χ0v) is 7.36. The summed E-state index contributed by atoms with van der Waals surface area (Å²) in [4.78, 5) is 3.98. The van der Waals surface area contributed by atoms with Gasteiger partial charge >= 0.3 is 0 Å². The molecule has 0 radical (unpaired) electrons. The molecule has 0 saturated heterocycles. The van der Waals surface area contributed by atoms with Crippen LogP contribution in [-0.4, -0.2) is 17.2 Å². The molecule has 1 N–H and O–H groups in total. The molecule has 0 aliphatic carbocycles. The van der Waals surface area contributed by atoms with Crippen molar-refractivity contribution in [3.05, 3.63) is 11.6 Å². The lowest BCUT2D eigenvalue weighted by atomic mass is 10.2. The summed E-state index contributed by atoms with van der Waals surface area (Å²) in [6.45, 7) is 3.33. The molecule has 1 rings (SSSR count). The first-order valence-electron chi connectivity index (χ1n) is 3.50. The summed E-state index contributed by atoms with van der Waals surface area (Å²) in [5, 5.41) is 5.59. The third kappa shape index (κ3) is 2.46. The van der Waals surface area contributed by atoms with E-state index in [-0.39, 0.29) is 6.04 Å². The van der Waals surface area contributed by atoms with Gasteiger partial charge < -0.3 is 5.32 Å². The molecule has 4 heteroatoms. The Morgan fingerprint density at radius 1 is 1.64 bits per heavy atom. The maximum Gasteiger partial charge on any atom is 0.182 e. The highest BCUT2D eigenvalue weighted by atomic mass is 32.1. The molecule has 2 atom stereocenters. The monoisotopic (exact) mass is 174 g/mol. The number of anilines is 1. The molecule has 0 fully saturated rings. The molecule has 0 aromatic carbocycles. The molecule has 11 heavy (non-hydrogen) atoms. The van der Waals surface area contributed by atoms with E-state index in [1.54, 1.807) is 13.1 Å². The Kier molecular flexibility index (Phi) is 2.82. The fraction of sp³-hybridized carbons (Fsp3) is 0.571. The van der Waals surface area contributed by atoms with E-state index >= 15 is 0 Å². The van der Waals surface area contributed by atoms with E-state index in [9.17, 15) is 4.39 Å². The van der Waals surface area contributed by atoms with Gasteiger partial charge in [-0.15, -0.1) is 11.3 Å².